The molecule has 62 valence electrons. The molecule has 0 aliphatic heterocycles. The van der Waals surface area contributed by atoms with Gasteiger partial charge >= 0.3 is 0 Å². The molecule has 0 unspecified atom stereocenters. The Kier molecular flexibility index (Phi) is 1.94. The second-order valence-electron chi connectivity index (χ2n) is 2.76. The van der Waals surface area contributed by atoms with Crippen LogP contribution in [0.1, 0.15) is 19.5 Å². The normalized spacial score (nSPS) is 11.6. The van der Waals surface area contributed by atoms with Crippen molar-refractivity contribution >= 4 is 0 Å². The molecule has 0 aliphatic carbocycles. The van der Waals surface area contributed by atoms with Gasteiger partial charge in [-0.2, -0.15) is 0 Å². The highest BCUT2D eigenvalue weighted by Gasteiger charge is 2.23. The highest BCUT2D eigenvalue weighted by Crippen LogP contribution is 2.26. The van der Waals surface area contributed by atoms with Gasteiger partial charge in [-0.3, -0.25) is 0 Å². The van der Waals surface area contributed by atoms with E-state index in [0.29, 0.717) is 0 Å². The molecular formula is C9H12F2. The average molecular weight is 158 g/mol. The summed E-state index contributed by atoms with van der Waals surface area (Å²) in [6, 6.07) is 6.38. The first-order valence-electron chi connectivity index (χ1n) is 3.45. The van der Waals surface area contributed by atoms with Crippen LogP contribution in [0.5, 0.6) is 0 Å². The molecule has 11 heavy (non-hydrogen) atoms. The van der Waals surface area contributed by atoms with Gasteiger partial charge in [-0.05, 0) is 6.92 Å². The van der Waals surface area contributed by atoms with Crippen LogP contribution in [-0.2, 0) is 5.92 Å². The molecular weight excluding hydrogens is 146 g/mol. The van der Waals surface area contributed by atoms with Crippen molar-refractivity contribution < 1.29 is 10.2 Å². The van der Waals surface area contributed by atoms with Gasteiger partial charge in [-0.25, -0.2) is 8.78 Å². The maximum atomic E-state index is 12.6. The standard InChI is InChI=1S/C9H10F2.H2/c1-7-4-3-5-8(6-7)9(2,10)11;/h3-6H,1-2H3;1H. The van der Waals surface area contributed by atoms with Crippen molar-refractivity contribution in [2.24, 2.45) is 0 Å². The predicted molar refractivity (Wildman–Crippen MR) is 42.9 cm³/mol. The first kappa shape index (κ1) is 8.18. The first-order valence-corrected chi connectivity index (χ1v) is 3.45. The van der Waals surface area contributed by atoms with E-state index in [9.17, 15) is 8.78 Å². The Hall–Kier alpha value is -0.920. The van der Waals surface area contributed by atoms with Crippen LogP contribution in [0.4, 0.5) is 8.78 Å². The Labute approximate surface area is 66.3 Å². The lowest BCUT2D eigenvalue weighted by atomic mass is 10.1. The van der Waals surface area contributed by atoms with Gasteiger partial charge in [0.05, 0.1) is 0 Å². The highest BCUT2D eigenvalue weighted by molar-refractivity contribution is 5.25. The summed E-state index contributed by atoms with van der Waals surface area (Å²) in [6.45, 7) is 2.71. The molecule has 0 N–H and O–H groups in total. The van der Waals surface area contributed by atoms with Gasteiger partial charge in [0.2, 0.25) is 0 Å². The Morgan fingerprint density at radius 1 is 1.36 bits per heavy atom. The van der Waals surface area contributed by atoms with Gasteiger partial charge in [0, 0.05) is 13.9 Å². The fourth-order valence-corrected chi connectivity index (χ4v) is 0.918. The third-order valence-corrected chi connectivity index (χ3v) is 1.52. The van der Waals surface area contributed by atoms with E-state index in [1.54, 1.807) is 19.1 Å². The smallest absolute Gasteiger partial charge is 0.202 e. The van der Waals surface area contributed by atoms with Crippen molar-refractivity contribution in [3.63, 3.8) is 0 Å². The van der Waals surface area contributed by atoms with Crippen LogP contribution in [0.2, 0.25) is 0 Å². The van der Waals surface area contributed by atoms with E-state index in [0.717, 1.165) is 12.5 Å². The van der Waals surface area contributed by atoms with Gasteiger partial charge < -0.3 is 0 Å². The third-order valence-electron chi connectivity index (χ3n) is 1.52. The molecule has 1 aromatic rings. The summed E-state index contributed by atoms with van der Waals surface area (Å²) in [6.07, 6.45) is 0. The van der Waals surface area contributed by atoms with E-state index in [-0.39, 0.29) is 6.99 Å². The molecule has 0 aliphatic rings. The Balaban J connectivity index is 0.00000121. The van der Waals surface area contributed by atoms with Crippen LogP contribution in [0.25, 0.3) is 0 Å². The zero-order valence-electron chi connectivity index (χ0n) is 6.57. The summed E-state index contributed by atoms with van der Waals surface area (Å²) in [4.78, 5) is 0. The molecule has 0 amide bonds. The van der Waals surface area contributed by atoms with Crippen molar-refractivity contribution in [3.8, 4) is 0 Å². The van der Waals surface area contributed by atoms with Crippen molar-refractivity contribution in [1.29, 1.82) is 0 Å². The predicted octanol–water partition coefficient (Wildman–Crippen LogP) is 3.35. The number of hydrogen-bond acceptors (Lipinski definition) is 0. The zero-order chi connectivity index (χ0) is 8.48. The lowest BCUT2D eigenvalue weighted by molar-refractivity contribution is 0.0174. The van der Waals surface area contributed by atoms with Crippen LogP contribution < -0.4 is 0 Å². The molecule has 0 bridgehead atoms. The Morgan fingerprint density at radius 2 is 2.00 bits per heavy atom. The molecule has 0 aromatic heterocycles. The number of benzene rings is 1. The molecule has 1 rings (SSSR count). The monoisotopic (exact) mass is 158 g/mol. The molecule has 0 saturated carbocycles. The van der Waals surface area contributed by atoms with E-state index >= 15 is 0 Å². The van der Waals surface area contributed by atoms with Crippen molar-refractivity contribution in [3.05, 3.63) is 35.4 Å². The van der Waals surface area contributed by atoms with Crippen LogP contribution in [-0.4, -0.2) is 0 Å². The molecule has 1 aromatic carbocycles. The average Bonchev–Trinajstić information content (AvgIpc) is 1.86. The van der Waals surface area contributed by atoms with E-state index in [1.165, 1.54) is 12.1 Å². The SMILES string of the molecule is Cc1cccc(C(C)(F)F)c1.[HH]. The maximum absolute atomic E-state index is 12.6. The maximum Gasteiger partial charge on any atom is 0.270 e. The van der Waals surface area contributed by atoms with Gasteiger partial charge in [0.1, 0.15) is 0 Å². The number of alkyl halides is 2. The summed E-state index contributed by atoms with van der Waals surface area (Å²) < 4.78 is 25.3. The number of hydrogen-bond donors (Lipinski definition) is 0. The van der Waals surface area contributed by atoms with Crippen LogP contribution >= 0.6 is 0 Å². The quantitative estimate of drug-likeness (QED) is 0.588. The van der Waals surface area contributed by atoms with E-state index in [4.69, 9.17) is 0 Å². The summed E-state index contributed by atoms with van der Waals surface area (Å²) in [5.74, 6) is -2.72. The first-order chi connectivity index (χ1) is 5.00. The summed E-state index contributed by atoms with van der Waals surface area (Å²) >= 11 is 0. The van der Waals surface area contributed by atoms with Crippen molar-refractivity contribution in [2.45, 2.75) is 19.8 Å². The van der Waals surface area contributed by atoms with E-state index in [2.05, 4.69) is 0 Å². The summed E-state index contributed by atoms with van der Waals surface area (Å²) in [5, 5.41) is 0. The number of rotatable bonds is 1. The van der Waals surface area contributed by atoms with Crippen molar-refractivity contribution in [1.82, 2.24) is 0 Å². The largest absolute Gasteiger partial charge is 0.270 e. The van der Waals surface area contributed by atoms with E-state index in [1.807, 2.05) is 0 Å². The van der Waals surface area contributed by atoms with Crippen LogP contribution in [0.15, 0.2) is 24.3 Å². The summed E-state index contributed by atoms with van der Waals surface area (Å²) in [7, 11) is 0. The van der Waals surface area contributed by atoms with Gasteiger partial charge in [-0.1, -0.05) is 29.8 Å². The molecule has 0 fully saturated rings. The topological polar surface area (TPSA) is 0 Å². The third kappa shape index (κ3) is 2.00. The molecule has 0 nitrogen and oxygen atoms in total. The Bertz CT molecular complexity index is 253. The lowest BCUT2D eigenvalue weighted by Gasteiger charge is -2.10. The highest BCUT2D eigenvalue weighted by atomic mass is 19.3. The fourth-order valence-electron chi connectivity index (χ4n) is 0.918. The van der Waals surface area contributed by atoms with Crippen LogP contribution in [0, 0.1) is 6.92 Å². The fraction of sp³-hybridized carbons (Fsp3) is 0.333. The van der Waals surface area contributed by atoms with Crippen molar-refractivity contribution in [2.75, 3.05) is 0 Å². The number of aryl methyl sites for hydroxylation is 1. The molecule has 0 saturated heterocycles. The molecule has 0 spiro atoms. The molecule has 0 heterocycles. The molecule has 0 atom stereocenters. The zero-order valence-corrected chi connectivity index (χ0v) is 6.57. The Morgan fingerprint density at radius 3 is 2.36 bits per heavy atom. The van der Waals surface area contributed by atoms with Crippen LogP contribution in [0.3, 0.4) is 0 Å². The number of halogens is 2. The summed E-state index contributed by atoms with van der Waals surface area (Å²) in [5.41, 5.74) is 0.946. The minimum atomic E-state index is -2.72. The van der Waals surface area contributed by atoms with Gasteiger partial charge in [0.25, 0.3) is 5.92 Å². The lowest BCUT2D eigenvalue weighted by Crippen LogP contribution is -2.06. The molecule has 2 heteroatoms. The minimum Gasteiger partial charge on any atom is -0.202 e. The van der Waals surface area contributed by atoms with Gasteiger partial charge in [-0.15, -0.1) is 0 Å². The minimum absolute atomic E-state index is 0. The second kappa shape index (κ2) is 2.61. The molecule has 0 radical (unpaired) electrons. The van der Waals surface area contributed by atoms with E-state index < -0.39 is 5.92 Å². The second-order valence-corrected chi connectivity index (χ2v) is 2.76. The van der Waals surface area contributed by atoms with Gasteiger partial charge in [0.15, 0.2) is 0 Å².